The van der Waals surface area contributed by atoms with Gasteiger partial charge in [-0.2, -0.15) is 0 Å². The number of hydrogen-bond acceptors (Lipinski definition) is 3. The highest BCUT2D eigenvalue weighted by Gasteiger charge is 2.24. The van der Waals surface area contributed by atoms with Crippen LogP contribution in [0.15, 0.2) is 23.4 Å². The third-order valence-corrected chi connectivity index (χ3v) is 3.46. The summed E-state index contributed by atoms with van der Waals surface area (Å²) in [7, 11) is 0. The van der Waals surface area contributed by atoms with E-state index in [2.05, 4.69) is 5.16 Å². The lowest BCUT2D eigenvalue weighted by atomic mass is 9.96. The van der Waals surface area contributed by atoms with Crippen LogP contribution in [0.2, 0.25) is 0 Å². The molecule has 1 atom stereocenters. The van der Waals surface area contributed by atoms with Gasteiger partial charge in [0.05, 0.1) is 0 Å². The molecule has 0 saturated carbocycles. The van der Waals surface area contributed by atoms with Crippen molar-refractivity contribution in [2.75, 3.05) is 13.1 Å². The average molecular weight is 269 g/mol. The van der Waals surface area contributed by atoms with E-state index in [9.17, 15) is 8.78 Å². The molecule has 1 aliphatic heterocycles. The van der Waals surface area contributed by atoms with Crippen LogP contribution in [0.5, 0.6) is 0 Å². The van der Waals surface area contributed by atoms with Crippen molar-refractivity contribution in [1.82, 2.24) is 4.90 Å². The number of rotatable bonds is 3. The Balaban J connectivity index is 2.05. The van der Waals surface area contributed by atoms with Crippen LogP contribution in [0, 0.1) is 17.6 Å². The summed E-state index contributed by atoms with van der Waals surface area (Å²) in [6.45, 7) is 1.72. The molecule has 1 aliphatic rings. The van der Waals surface area contributed by atoms with Crippen molar-refractivity contribution in [3.8, 4) is 0 Å². The summed E-state index contributed by atoms with van der Waals surface area (Å²) in [5.74, 6) is -1.46. The van der Waals surface area contributed by atoms with Crippen LogP contribution in [-0.4, -0.2) is 29.0 Å². The van der Waals surface area contributed by atoms with Gasteiger partial charge in [-0.1, -0.05) is 17.3 Å². The highest BCUT2D eigenvalue weighted by atomic mass is 19.2. The van der Waals surface area contributed by atoms with Gasteiger partial charge in [0, 0.05) is 24.6 Å². The van der Waals surface area contributed by atoms with Gasteiger partial charge in [0.2, 0.25) is 0 Å². The average Bonchev–Trinajstić information content (AvgIpc) is 2.43. The Bertz CT molecular complexity index is 479. The van der Waals surface area contributed by atoms with E-state index >= 15 is 0 Å². The Kier molecular flexibility index (Phi) is 4.31. The molecular weight excluding hydrogens is 252 g/mol. The van der Waals surface area contributed by atoms with Crippen LogP contribution in [-0.2, 0) is 6.54 Å². The molecule has 19 heavy (non-hydrogen) atoms. The SMILES string of the molecule is NC(=NO)C1CCCN(Cc2cccc(F)c2F)C1. The fourth-order valence-electron chi connectivity index (χ4n) is 2.43. The van der Waals surface area contributed by atoms with Gasteiger partial charge in [0.1, 0.15) is 5.84 Å². The number of amidine groups is 1. The van der Waals surface area contributed by atoms with E-state index < -0.39 is 11.6 Å². The number of nitrogens with two attached hydrogens (primary N) is 1. The highest BCUT2D eigenvalue weighted by molar-refractivity contribution is 5.82. The van der Waals surface area contributed by atoms with Gasteiger partial charge in [-0.25, -0.2) is 8.78 Å². The summed E-state index contributed by atoms with van der Waals surface area (Å²) in [6, 6.07) is 4.18. The predicted octanol–water partition coefficient (Wildman–Crippen LogP) is 1.92. The third kappa shape index (κ3) is 3.20. The quantitative estimate of drug-likeness (QED) is 0.381. The van der Waals surface area contributed by atoms with Gasteiger partial charge in [0.25, 0.3) is 0 Å². The number of piperidine rings is 1. The fourth-order valence-corrected chi connectivity index (χ4v) is 2.43. The Labute approximate surface area is 110 Å². The van der Waals surface area contributed by atoms with Crippen molar-refractivity contribution in [3.63, 3.8) is 0 Å². The molecule has 0 amide bonds. The summed E-state index contributed by atoms with van der Waals surface area (Å²) in [5, 5.41) is 11.7. The smallest absolute Gasteiger partial charge is 0.163 e. The van der Waals surface area contributed by atoms with Crippen LogP contribution < -0.4 is 5.73 Å². The third-order valence-electron chi connectivity index (χ3n) is 3.46. The Morgan fingerprint density at radius 3 is 3.00 bits per heavy atom. The van der Waals surface area contributed by atoms with E-state index in [4.69, 9.17) is 10.9 Å². The van der Waals surface area contributed by atoms with Crippen LogP contribution in [0.1, 0.15) is 18.4 Å². The first-order valence-electron chi connectivity index (χ1n) is 6.24. The lowest BCUT2D eigenvalue weighted by molar-refractivity contribution is 0.190. The molecule has 1 saturated heterocycles. The molecule has 1 aromatic rings. The zero-order chi connectivity index (χ0) is 13.8. The molecule has 2 rings (SSSR count). The van der Waals surface area contributed by atoms with Crippen molar-refractivity contribution in [3.05, 3.63) is 35.4 Å². The van der Waals surface area contributed by atoms with Crippen molar-refractivity contribution >= 4 is 5.84 Å². The zero-order valence-corrected chi connectivity index (χ0v) is 10.5. The molecule has 1 unspecified atom stereocenters. The largest absolute Gasteiger partial charge is 0.409 e. The van der Waals surface area contributed by atoms with E-state index in [1.165, 1.54) is 6.07 Å². The van der Waals surface area contributed by atoms with Crippen LogP contribution in [0.4, 0.5) is 8.78 Å². The van der Waals surface area contributed by atoms with Gasteiger partial charge in [0.15, 0.2) is 11.6 Å². The topological polar surface area (TPSA) is 61.9 Å². The highest BCUT2D eigenvalue weighted by Crippen LogP contribution is 2.20. The number of likely N-dealkylation sites (tertiary alicyclic amines) is 1. The first kappa shape index (κ1) is 13.7. The molecule has 0 radical (unpaired) electrons. The number of hydrogen-bond donors (Lipinski definition) is 2. The van der Waals surface area contributed by atoms with E-state index in [0.717, 1.165) is 25.5 Å². The molecule has 0 aromatic heterocycles. The van der Waals surface area contributed by atoms with Gasteiger partial charge < -0.3 is 10.9 Å². The van der Waals surface area contributed by atoms with Gasteiger partial charge >= 0.3 is 0 Å². The summed E-state index contributed by atoms with van der Waals surface area (Å²) < 4.78 is 26.7. The Morgan fingerprint density at radius 2 is 2.26 bits per heavy atom. The van der Waals surface area contributed by atoms with E-state index in [1.807, 2.05) is 4.90 Å². The van der Waals surface area contributed by atoms with Crippen LogP contribution in [0.3, 0.4) is 0 Å². The van der Waals surface area contributed by atoms with E-state index in [-0.39, 0.29) is 11.8 Å². The minimum absolute atomic E-state index is 0.0321. The van der Waals surface area contributed by atoms with Crippen LogP contribution in [0.25, 0.3) is 0 Å². The van der Waals surface area contributed by atoms with E-state index in [0.29, 0.717) is 18.7 Å². The molecular formula is C13H17F2N3O. The lowest BCUT2D eigenvalue weighted by Crippen LogP contribution is -2.41. The summed E-state index contributed by atoms with van der Waals surface area (Å²) in [4.78, 5) is 1.99. The second-order valence-corrected chi connectivity index (χ2v) is 4.81. The monoisotopic (exact) mass is 269 g/mol. The second-order valence-electron chi connectivity index (χ2n) is 4.81. The van der Waals surface area contributed by atoms with Gasteiger partial charge in [-0.05, 0) is 25.5 Å². The lowest BCUT2D eigenvalue weighted by Gasteiger charge is -2.32. The van der Waals surface area contributed by atoms with Gasteiger partial charge in [-0.15, -0.1) is 0 Å². The number of halogens is 2. The van der Waals surface area contributed by atoms with Crippen molar-refractivity contribution in [1.29, 1.82) is 0 Å². The molecule has 3 N–H and O–H groups in total. The maximum atomic E-state index is 13.6. The van der Waals surface area contributed by atoms with E-state index in [1.54, 1.807) is 6.07 Å². The molecule has 104 valence electrons. The minimum atomic E-state index is -0.831. The molecule has 0 aliphatic carbocycles. The minimum Gasteiger partial charge on any atom is -0.409 e. The van der Waals surface area contributed by atoms with Crippen LogP contribution >= 0.6 is 0 Å². The molecule has 0 spiro atoms. The summed E-state index contributed by atoms with van der Waals surface area (Å²) >= 11 is 0. The van der Waals surface area contributed by atoms with Gasteiger partial charge in [-0.3, -0.25) is 4.90 Å². The van der Waals surface area contributed by atoms with Crippen molar-refractivity contribution < 1.29 is 14.0 Å². The molecule has 0 bridgehead atoms. The number of nitrogens with zero attached hydrogens (tertiary/aromatic N) is 2. The Hall–Kier alpha value is -1.69. The Morgan fingerprint density at radius 1 is 1.47 bits per heavy atom. The molecule has 6 heteroatoms. The predicted molar refractivity (Wildman–Crippen MR) is 67.8 cm³/mol. The summed E-state index contributed by atoms with van der Waals surface area (Å²) in [5.41, 5.74) is 5.93. The maximum absolute atomic E-state index is 13.6. The number of oxime groups is 1. The van der Waals surface area contributed by atoms with Crippen molar-refractivity contribution in [2.45, 2.75) is 19.4 Å². The normalized spacial score (nSPS) is 21.6. The maximum Gasteiger partial charge on any atom is 0.163 e. The fraction of sp³-hybridized carbons (Fsp3) is 0.462. The van der Waals surface area contributed by atoms with Crippen molar-refractivity contribution in [2.24, 2.45) is 16.8 Å². The zero-order valence-electron chi connectivity index (χ0n) is 10.5. The summed E-state index contributed by atoms with van der Waals surface area (Å²) in [6.07, 6.45) is 1.73. The molecule has 1 fully saturated rings. The standard InChI is InChI=1S/C13H17F2N3O/c14-11-5-1-3-9(12(11)15)7-18-6-2-4-10(8-18)13(16)17-19/h1,3,5,10,19H,2,4,6-8H2,(H2,16,17). The first-order valence-corrected chi connectivity index (χ1v) is 6.24. The first-order chi connectivity index (χ1) is 9.11. The molecule has 1 heterocycles. The molecule has 1 aromatic carbocycles. The second kappa shape index (κ2) is 5.97. The molecule has 4 nitrogen and oxygen atoms in total. The number of benzene rings is 1.